The van der Waals surface area contributed by atoms with Crippen LogP contribution in [-0.2, 0) is 6.42 Å². The molecule has 0 saturated carbocycles. The lowest BCUT2D eigenvalue weighted by Gasteiger charge is -2.12. The molecule has 0 aliphatic carbocycles. The third-order valence-electron chi connectivity index (χ3n) is 3.66. The molecule has 1 heterocycles. The van der Waals surface area contributed by atoms with Crippen molar-refractivity contribution in [3.05, 3.63) is 34.3 Å². The SMILES string of the molecule is CCCCOc1cc(/C=N/NC(=O)c2sc(N)nc2CC)ccc1OCC. The van der Waals surface area contributed by atoms with E-state index in [0.29, 0.717) is 46.8 Å². The van der Waals surface area contributed by atoms with Crippen LogP contribution in [0.25, 0.3) is 0 Å². The van der Waals surface area contributed by atoms with Crippen LogP contribution >= 0.6 is 11.3 Å². The second-order valence-electron chi connectivity index (χ2n) is 5.72. The quantitative estimate of drug-likeness (QED) is 0.367. The molecule has 1 amide bonds. The molecule has 0 fully saturated rings. The maximum absolute atomic E-state index is 12.3. The number of unbranched alkanes of at least 4 members (excludes halogenated alkanes) is 1. The van der Waals surface area contributed by atoms with Crippen molar-refractivity contribution >= 4 is 28.6 Å². The van der Waals surface area contributed by atoms with E-state index < -0.39 is 0 Å². The molecule has 2 aromatic rings. The van der Waals surface area contributed by atoms with Gasteiger partial charge in [0.15, 0.2) is 16.6 Å². The first-order valence-corrected chi connectivity index (χ1v) is 9.88. The van der Waals surface area contributed by atoms with Crippen LogP contribution in [-0.4, -0.2) is 30.3 Å². The third kappa shape index (κ3) is 5.96. The predicted octanol–water partition coefficient (Wildman–Crippen LogP) is 3.63. The summed E-state index contributed by atoms with van der Waals surface area (Å²) >= 11 is 1.16. The zero-order valence-corrected chi connectivity index (χ0v) is 16.8. The lowest BCUT2D eigenvalue weighted by molar-refractivity contribution is 0.0958. The van der Waals surface area contributed by atoms with Gasteiger partial charge in [-0.1, -0.05) is 31.6 Å². The minimum Gasteiger partial charge on any atom is -0.490 e. The molecule has 0 unspecified atom stereocenters. The number of nitrogens with zero attached hydrogens (tertiary/aromatic N) is 2. The number of thiazole rings is 1. The molecule has 8 heteroatoms. The number of hydrogen-bond acceptors (Lipinski definition) is 7. The van der Waals surface area contributed by atoms with Gasteiger partial charge in [0.1, 0.15) is 4.88 Å². The van der Waals surface area contributed by atoms with Crippen LogP contribution < -0.4 is 20.6 Å². The average molecular weight is 391 g/mol. The Balaban J connectivity index is 2.06. The molecule has 0 spiro atoms. The van der Waals surface area contributed by atoms with Crippen LogP contribution in [0.15, 0.2) is 23.3 Å². The molecule has 7 nitrogen and oxygen atoms in total. The van der Waals surface area contributed by atoms with E-state index >= 15 is 0 Å². The Morgan fingerprint density at radius 1 is 1.30 bits per heavy atom. The molecule has 0 aliphatic rings. The Hall–Kier alpha value is -2.61. The summed E-state index contributed by atoms with van der Waals surface area (Å²) in [5.41, 5.74) is 9.68. The minimum atomic E-state index is -0.317. The molecule has 27 heavy (non-hydrogen) atoms. The molecule has 0 radical (unpaired) electrons. The van der Waals surface area contributed by atoms with Crippen LogP contribution in [0, 0.1) is 0 Å². The van der Waals surface area contributed by atoms with Gasteiger partial charge < -0.3 is 15.2 Å². The maximum Gasteiger partial charge on any atom is 0.283 e. The number of anilines is 1. The van der Waals surface area contributed by atoms with Gasteiger partial charge in [0.05, 0.1) is 25.1 Å². The van der Waals surface area contributed by atoms with Crippen molar-refractivity contribution in [2.24, 2.45) is 5.10 Å². The molecule has 0 saturated heterocycles. The fourth-order valence-electron chi connectivity index (χ4n) is 2.32. The smallest absolute Gasteiger partial charge is 0.283 e. The minimum absolute atomic E-state index is 0.317. The molecule has 0 aliphatic heterocycles. The Kier molecular flexibility index (Phi) is 8.06. The summed E-state index contributed by atoms with van der Waals surface area (Å²) in [5.74, 6) is 1.05. The second kappa shape index (κ2) is 10.5. The number of nitrogens with one attached hydrogen (secondary N) is 1. The van der Waals surface area contributed by atoms with E-state index in [1.54, 1.807) is 6.21 Å². The number of hydrazone groups is 1. The van der Waals surface area contributed by atoms with Crippen molar-refractivity contribution < 1.29 is 14.3 Å². The number of nitrogens with two attached hydrogens (primary N) is 1. The van der Waals surface area contributed by atoms with Crippen molar-refractivity contribution in [1.82, 2.24) is 10.4 Å². The van der Waals surface area contributed by atoms with Crippen LogP contribution in [0.2, 0.25) is 0 Å². The van der Waals surface area contributed by atoms with Crippen LogP contribution in [0.5, 0.6) is 11.5 Å². The molecular formula is C19H26N4O3S. The number of nitrogen functional groups attached to an aromatic ring is 1. The topological polar surface area (TPSA) is 98.8 Å². The highest BCUT2D eigenvalue weighted by Crippen LogP contribution is 2.28. The number of aromatic nitrogens is 1. The number of rotatable bonds is 10. The van der Waals surface area contributed by atoms with Crippen molar-refractivity contribution in [1.29, 1.82) is 0 Å². The van der Waals surface area contributed by atoms with Gasteiger partial charge in [0.2, 0.25) is 0 Å². The summed E-state index contributed by atoms with van der Waals surface area (Å²) in [7, 11) is 0. The first kappa shape index (κ1) is 20.7. The summed E-state index contributed by atoms with van der Waals surface area (Å²) in [6, 6.07) is 5.54. The summed E-state index contributed by atoms with van der Waals surface area (Å²) in [6.45, 7) is 7.15. The van der Waals surface area contributed by atoms with E-state index in [4.69, 9.17) is 15.2 Å². The molecule has 1 aromatic carbocycles. The average Bonchev–Trinajstić information content (AvgIpc) is 3.05. The number of carbonyl (C=O) groups excluding carboxylic acids is 1. The molecular weight excluding hydrogens is 364 g/mol. The van der Waals surface area contributed by atoms with Crippen molar-refractivity contribution in [2.45, 2.75) is 40.0 Å². The monoisotopic (exact) mass is 390 g/mol. The Bertz CT molecular complexity index is 789. The second-order valence-corrected chi connectivity index (χ2v) is 6.75. The number of aryl methyl sites for hydroxylation is 1. The van der Waals surface area contributed by atoms with Gasteiger partial charge in [0, 0.05) is 0 Å². The highest BCUT2D eigenvalue weighted by molar-refractivity contribution is 7.17. The number of carbonyl (C=O) groups is 1. The van der Waals surface area contributed by atoms with E-state index in [1.165, 1.54) is 0 Å². The van der Waals surface area contributed by atoms with E-state index in [1.807, 2.05) is 32.0 Å². The van der Waals surface area contributed by atoms with Gasteiger partial charge in [-0.25, -0.2) is 10.4 Å². The zero-order chi connectivity index (χ0) is 19.6. The number of hydrogen-bond donors (Lipinski definition) is 2. The first-order valence-electron chi connectivity index (χ1n) is 9.07. The highest BCUT2D eigenvalue weighted by atomic mass is 32.1. The summed E-state index contributed by atoms with van der Waals surface area (Å²) < 4.78 is 11.4. The predicted molar refractivity (Wildman–Crippen MR) is 109 cm³/mol. The number of amides is 1. The molecule has 3 N–H and O–H groups in total. The van der Waals surface area contributed by atoms with Crippen molar-refractivity contribution in [3.8, 4) is 11.5 Å². The van der Waals surface area contributed by atoms with Crippen molar-refractivity contribution in [2.75, 3.05) is 18.9 Å². The standard InChI is InChI=1S/C19H26N4O3S/c1-4-7-10-26-16-11-13(8-9-15(16)25-6-3)12-21-23-18(24)17-14(5-2)22-19(20)27-17/h8-9,11-12H,4-7,10H2,1-3H3,(H2,20,22)(H,23,24)/b21-12+. The molecule has 0 atom stereocenters. The normalized spacial score (nSPS) is 10.9. The third-order valence-corrected chi connectivity index (χ3v) is 4.58. The van der Waals surface area contributed by atoms with Gasteiger partial charge in [-0.15, -0.1) is 0 Å². The summed E-state index contributed by atoms with van der Waals surface area (Å²) in [6.07, 6.45) is 4.23. The van der Waals surface area contributed by atoms with Crippen molar-refractivity contribution in [3.63, 3.8) is 0 Å². The molecule has 146 valence electrons. The van der Waals surface area contributed by atoms with E-state index in [9.17, 15) is 4.79 Å². The van der Waals surface area contributed by atoms with Crippen LogP contribution in [0.4, 0.5) is 5.13 Å². The first-order chi connectivity index (χ1) is 13.1. The summed E-state index contributed by atoms with van der Waals surface area (Å²) in [5, 5.41) is 4.41. The fourth-order valence-corrected chi connectivity index (χ4v) is 3.13. The Morgan fingerprint density at radius 3 is 2.81 bits per heavy atom. The number of ether oxygens (including phenoxy) is 2. The Labute approximate surface area is 163 Å². The molecule has 1 aromatic heterocycles. The maximum atomic E-state index is 12.3. The largest absolute Gasteiger partial charge is 0.490 e. The van der Waals surface area contributed by atoms with E-state index in [-0.39, 0.29) is 5.91 Å². The molecule has 2 rings (SSSR count). The van der Waals surface area contributed by atoms with Crippen LogP contribution in [0.1, 0.15) is 54.5 Å². The lowest BCUT2D eigenvalue weighted by Crippen LogP contribution is -2.17. The molecule has 0 bridgehead atoms. The van der Waals surface area contributed by atoms with E-state index in [0.717, 1.165) is 29.7 Å². The zero-order valence-electron chi connectivity index (χ0n) is 15.9. The van der Waals surface area contributed by atoms with Gasteiger partial charge in [-0.05, 0) is 43.5 Å². The summed E-state index contributed by atoms with van der Waals surface area (Å²) in [4.78, 5) is 16.9. The van der Waals surface area contributed by atoms with Gasteiger partial charge in [-0.2, -0.15) is 5.10 Å². The van der Waals surface area contributed by atoms with Crippen LogP contribution in [0.3, 0.4) is 0 Å². The van der Waals surface area contributed by atoms with Gasteiger partial charge in [0.25, 0.3) is 5.91 Å². The van der Waals surface area contributed by atoms with Gasteiger partial charge in [-0.3, -0.25) is 4.79 Å². The Morgan fingerprint density at radius 2 is 2.11 bits per heavy atom. The van der Waals surface area contributed by atoms with E-state index in [2.05, 4.69) is 22.4 Å². The lowest BCUT2D eigenvalue weighted by atomic mass is 10.2. The van der Waals surface area contributed by atoms with Gasteiger partial charge >= 0.3 is 0 Å². The number of benzene rings is 1. The highest BCUT2D eigenvalue weighted by Gasteiger charge is 2.15. The fraction of sp³-hybridized carbons (Fsp3) is 0.421.